The third kappa shape index (κ3) is 3.50. The molecule has 2 aromatic carbocycles. The van der Waals surface area contributed by atoms with Crippen molar-refractivity contribution in [3.05, 3.63) is 78.3 Å². The zero-order chi connectivity index (χ0) is 19.0. The Bertz CT molecular complexity index is 1170. The predicted molar refractivity (Wildman–Crippen MR) is 109 cm³/mol. The number of hydrogen-bond acceptors (Lipinski definition) is 5. The minimum Gasteiger partial charge on any atom is -0.497 e. The molecular weight excluding hydrogens is 382 g/mol. The van der Waals surface area contributed by atoms with Gasteiger partial charge in [-0.15, -0.1) is 0 Å². The SMILES string of the molecule is COc1ccc(C=c2sc3n(c2=O)CN(c2ccc(C)c(Cl)c2)CN=3)cc1. The topological polar surface area (TPSA) is 46.8 Å². The summed E-state index contributed by atoms with van der Waals surface area (Å²) in [5, 5.41) is 0.712. The van der Waals surface area contributed by atoms with Crippen molar-refractivity contribution in [2.45, 2.75) is 13.6 Å². The third-order valence-corrected chi connectivity index (χ3v) is 5.96. The Labute approximate surface area is 165 Å². The summed E-state index contributed by atoms with van der Waals surface area (Å²) < 4.78 is 7.55. The molecule has 1 aliphatic heterocycles. The minimum atomic E-state index is -0.0301. The van der Waals surface area contributed by atoms with E-state index in [0.717, 1.165) is 27.4 Å². The monoisotopic (exact) mass is 399 g/mol. The maximum absolute atomic E-state index is 12.8. The van der Waals surface area contributed by atoms with E-state index in [9.17, 15) is 4.79 Å². The van der Waals surface area contributed by atoms with E-state index in [1.165, 1.54) is 11.3 Å². The molecule has 0 atom stereocenters. The first-order valence-corrected chi connectivity index (χ1v) is 9.65. The van der Waals surface area contributed by atoms with E-state index >= 15 is 0 Å². The third-order valence-electron chi connectivity index (χ3n) is 4.51. The van der Waals surface area contributed by atoms with Gasteiger partial charge < -0.3 is 9.64 Å². The van der Waals surface area contributed by atoms with E-state index in [4.69, 9.17) is 16.3 Å². The van der Waals surface area contributed by atoms with Gasteiger partial charge >= 0.3 is 0 Å². The summed E-state index contributed by atoms with van der Waals surface area (Å²) >= 11 is 7.66. The molecule has 27 heavy (non-hydrogen) atoms. The highest BCUT2D eigenvalue weighted by atomic mass is 35.5. The highest BCUT2D eigenvalue weighted by Crippen LogP contribution is 2.23. The number of halogens is 1. The van der Waals surface area contributed by atoms with Crippen LogP contribution in [0.5, 0.6) is 5.75 Å². The van der Waals surface area contributed by atoms with Crippen LogP contribution in [0.3, 0.4) is 0 Å². The molecule has 0 bridgehead atoms. The molecule has 0 spiro atoms. The molecule has 0 fully saturated rings. The Morgan fingerprint density at radius 1 is 1.22 bits per heavy atom. The molecule has 2 heterocycles. The lowest BCUT2D eigenvalue weighted by Gasteiger charge is -2.26. The second-order valence-corrected chi connectivity index (χ2v) is 7.73. The largest absolute Gasteiger partial charge is 0.497 e. The van der Waals surface area contributed by atoms with Crippen molar-refractivity contribution >= 4 is 34.7 Å². The van der Waals surface area contributed by atoms with E-state index in [1.807, 2.05) is 60.4 Å². The second kappa shape index (κ2) is 7.21. The number of fused-ring (bicyclic) bond motifs is 1. The smallest absolute Gasteiger partial charge is 0.271 e. The number of ether oxygens (including phenoxy) is 1. The first-order valence-electron chi connectivity index (χ1n) is 8.46. The lowest BCUT2D eigenvalue weighted by molar-refractivity contribution is 0.415. The molecule has 138 valence electrons. The Hall–Kier alpha value is -2.57. The number of hydrogen-bond donors (Lipinski definition) is 0. The molecule has 0 N–H and O–H groups in total. The summed E-state index contributed by atoms with van der Waals surface area (Å²) in [5.74, 6) is 0.789. The maximum Gasteiger partial charge on any atom is 0.271 e. The molecule has 0 unspecified atom stereocenters. The number of anilines is 1. The van der Waals surface area contributed by atoms with Gasteiger partial charge in [-0.25, -0.2) is 4.99 Å². The predicted octanol–water partition coefficient (Wildman–Crippen LogP) is 2.76. The molecule has 0 saturated carbocycles. The molecule has 4 rings (SSSR count). The first kappa shape index (κ1) is 17.8. The van der Waals surface area contributed by atoms with Crippen LogP contribution in [0.2, 0.25) is 5.02 Å². The molecule has 3 aromatic rings. The van der Waals surface area contributed by atoms with Crippen molar-refractivity contribution in [2.75, 3.05) is 18.7 Å². The molecular formula is C20H18ClN3O2S. The van der Waals surface area contributed by atoms with Crippen molar-refractivity contribution in [1.82, 2.24) is 4.57 Å². The van der Waals surface area contributed by atoms with Gasteiger partial charge in [0.1, 0.15) is 19.1 Å². The fraction of sp³-hybridized carbons (Fsp3) is 0.200. The van der Waals surface area contributed by atoms with Crippen LogP contribution in [0.25, 0.3) is 6.08 Å². The van der Waals surface area contributed by atoms with E-state index in [0.29, 0.717) is 22.9 Å². The lowest BCUT2D eigenvalue weighted by Crippen LogP contribution is -2.42. The zero-order valence-electron chi connectivity index (χ0n) is 15.0. The van der Waals surface area contributed by atoms with Gasteiger partial charge in [0.05, 0.1) is 11.6 Å². The molecule has 5 nitrogen and oxygen atoms in total. The van der Waals surface area contributed by atoms with Crippen LogP contribution >= 0.6 is 22.9 Å². The van der Waals surface area contributed by atoms with E-state index < -0.39 is 0 Å². The second-order valence-electron chi connectivity index (χ2n) is 6.31. The van der Waals surface area contributed by atoms with Gasteiger partial charge in [0.25, 0.3) is 5.56 Å². The van der Waals surface area contributed by atoms with Gasteiger partial charge in [0.15, 0.2) is 4.80 Å². The van der Waals surface area contributed by atoms with Crippen LogP contribution in [0.1, 0.15) is 11.1 Å². The van der Waals surface area contributed by atoms with Crippen molar-refractivity contribution in [2.24, 2.45) is 4.99 Å². The number of methoxy groups -OCH3 is 1. The van der Waals surface area contributed by atoms with Crippen LogP contribution in [-0.4, -0.2) is 18.3 Å². The van der Waals surface area contributed by atoms with Crippen LogP contribution in [0, 0.1) is 6.92 Å². The highest BCUT2D eigenvalue weighted by molar-refractivity contribution is 7.07. The number of benzene rings is 2. The molecule has 0 amide bonds. The summed E-state index contributed by atoms with van der Waals surface area (Å²) in [6.07, 6.45) is 1.89. The quantitative estimate of drug-likeness (QED) is 0.680. The molecule has 0 saturated heterocycles. The normalized spacial score (nSPS) is 14.0. The van der Waals surface area contributed by atoms with Gasteiger partial charge in [-0.3, -0.25) is 9.36 Å². The van der Waals surface area contributed by atoms with Gasteiger partial charge in [-0.2, -0.15) is 0 Å². The average molecular weight is 400 g/mol. The average Bonchev–Trinajstić information content (AvgIpc) is 2.99. The van der Waals surface area contributed by atoms with Crippen LogP contribution in [-0.2, 0) is 6.67 Å². The summed E-state index contributed by atoms with van der Waals surface area (Å²) in [6, 6.07) is 13.5. The van der Waals surface area contributed by atoms with Crippen LogP contribution in [0.15, 0.2) is 52.3 Å². The molecule has 1 aliphatic rings. The van der Waals surface area contributed by atoms with Crippen molar-refractivity contribution in [1.29, 1.82) is 0 Å². The van der Waals surface area contributed by atoms with Crippen LogP contribution < -0.4 is 24.5 Å². The minimum absolute atomic E-state index is 0.0301. The number of nitrogens with zero attached hydrogens (tertiary/aromatic N) is 3. The van der Waals surface area contributed by atoms with E-state index in [-0.39, 0.29) is 5.56 Å². The zero-order valence-corrected chi connectivity index (χ0v) is 16.5. The Morgan fingerprint density at radius 2 is 2.00 bits per heavy atom. The Morgan fingerprint density at radius 3 is 2.70 bits per heavy atom. The standard InChI is InChI=1S/C20H18ClN3O2S/c1-13-3-6-15(10-17(13)21)23-11-22-20-24(12-23)19(25)18(27-20)9-14-4-7-16(26-2)8-5-14/h3-10H,11-12H2,1-2H3. The Kier molecular flexibility index (Phi) is 4.76. The van der Waals surface area contributed by atoms with E-state index in [2.05, 4.69) is 4.99 Å². The van der Waals surface area contributed by atoms with E-state index in [1.54, 1.807) is 11.7 Å². The summed E-state index contributed by atoms with van der Waals surface area (Å²) in [7, 11) is 1.63. The number of thiazole rings is 1. The Balaban J connectivity index is 1.68. The molecule has 0 aliphatic carbocycles. The van der Waals surface area contributed by atoms with Gasteiger partial charge in [0.2, 0.25) is 0 Å². The number of rotatable bonds is 3. The first-order chi connectivity index (χ1) is 13.0. The van der Waals surface area contributed by atoms with Gasteiger partial charge in [0, 0.05) is 10.7 Å². The molecule has 1 aromatic heterocycles. The fourth-order valence-corrected chi connectivity index (χ4v) is 4.04. The number of aromatic nitrogens is 1. The highest BCUT2D eigenvalue weighted by Gasteiger charge is 2.16. The van der Waals surface area contributed by atoms with Crippen molar-refractivity contribution < 1.29 is 4.74 Å². The summed E-state index contributed by atoms with van der Waals surface area (Å²) in [4.78, 5) is 20.2. The van der Waals surface area contributed by atoms with Gasteiger partial charge in [-0.05, 0) is 48.4 Å². The molecule has 0 radical (unpaired) electrons. The summed E-state index contributed by atoms with van der Waals surface area (Å²) in [6.45, 7) is 2.93. The lowest BCUT2D eigenvalue weighted by atomic mass is 10.2. The maximum atomic E-state index is 12.8. The summed E-state index contributed by atoms with van der Waals surface area (Å²) in [5.41, 5.74) is 2.91. The van der Waals surface area contributed by atoms with Crippen molar-refractivity contribution in [3.8, 4) is 5.75 Å². The molecule has 7 heteroatoms. The van der Waals surface area contributed by atoms with Crippen LogP contribution in [0.4, 0.5) is 5.69 Å². The number of aryl methyl sites for hydroxylation is 1. The fourth-order valence-electron chi connectivity index (χ4n) is 2.91. The van der Waals surface area contributed by atoms with Crippen molar-refractivity contribution in [3.63, 3.8) is 0 Å². The van der Waals surface area contributed by atoms with Gasteiger partial charge in [-0.1, -0.05) is 41.1 Å².